The molecule has 18 heavy (non-hydrogen) atoms. The van der Waals surface area contributed by atoms with Crippen LogP contribution < -0.4 is 0 Å². The number of sulfonamides is 1. The van der Waals surface area contributed by atoms with Gasteiger partial charge in [-0.3, -0.25) is 0 Å². The Morgan fingerprint density at radius 1 is 1.22 bits per heavy atom. The van der Waals surface area contributed by atoms with Crippen molar-refractivity contribution in [3.05, 3.63) is 28.7 Å². The van der Waals surface area contributed by atoms with Gasteiger partial charge in [-0.25, -0.2) is 8.42 Å². The lowest BCUT2D eigenvalue weighted by Gasteiger charge is -2.21. The first-order valence-corrected chi connectivity index (χ1v) is 7.22. The largest absolute Gasteiger partial charge is 0.402 e. The lowest BCUT2D eigenvalue weighted by atomic mass is 10.4. The third-order valence-electron chi connectivity index (χ3n) is 2.16. The monoisotopic (exact) mass is 345 g/mol. The van der Waals surface area contributed by atoms with E-state index in [4.69, 9.17) is 0 Å². The zero-order valence-electron chi connectivity index (χ0n) is 9.41. The zero-order valence-corrected chi connectivity index (χ0v) is 11.8. The van der Waals surface area contributed by atoms with Crippen molar-refractivity contribution < 1.29 is 21.6 Å². The number of benzene rings is 1. The van der Waals surface area contributed by atoms with Gasteiger partial charge in [0, 0.05) is 11.0 Å². The number of rotatable bonds is 4. The Balaban J connectivity index is 3.07. The van der Waals surface area contributed by atoms with E-state index in [0.717, 1.165) is 0 Å². The molecule has 0 N–H and O–H groups in total. The van der Waals surface area contributed by atoms with Crippen molar-refractivity contribution in [3.8, 4) is 0 Å². The van der Waals surface area contributed by atoms with Gasteiger partial charge in [-0.05, 0) is 24.3 Å². The maximum Gasteiger partial charge on any atom is 0.402 e. The van der Waals surface area contributed by atoms with Gasteiger partial charge in [0.15, 0.2) is 0 Å². The van der Waals surface area contributed by atoms with Gasteiger partial charge in [0.2, 0.25) is 10.0 Å². The third-order valence-corrected chi connectivity index (χ3v) is 4.62. The Kier molecular flexibility index (Phi) is 4.79. The second kappa shape index (κ2) is 5.58. The SMILES string of the molecule is CCN(CC(F)(F)F)S(=O)(=O)c1ccc(Br)cc1. The average molecular weight is 346 g/mol. The first-order chi connectivity index (χ1) is 8.16. The fraction of sp³-hybridized carbons (Fsp3) is 0.400. The number of hydrogen-bond donors (Lipinski definition) is 0. The molecule has 0 spiro atoms. The first-order valence-electron chi connectivity index (χ1n) is 4.99. The van der Waals surface area contributed by atoms with Crippen LogP contribution in [0.4, 0.5) is 13.2 Å². The Morgan fingerprint density at radius 3 is 2.11 bits per heavy atom. The molecule has 0 aliphatic carbocycles. The molecule has 0 atom stereocenters. The molecule has 8 heteroatoms. The second-order valence-electron chi connectivity index (χ2n) is 3.50. The normalized spacial score (nSPS) is 13.0. The van der Waals surface area contributed by atoms with Gasteiger partial charge in [-0.2, -0.15) is 17.5 Å². The fourth-order valence-electron chi connectivity index (χ4n) is 1.32. The number of halogens is 4. The molecule has 0 aliphatic rings. The van der Waals surface area contributed by atoms with Crippen LogP contribution in [-0.2, 0) is 10.0 Å². The Morgan fingerprint density at radius 2 is 1.72 bits per heavy atom. The number of hydrogen-bond acceptors (Lipinski definition) is 2. The van der Waals surface area contributed by atoms with Crippen LogP contribution in [0.3, 0.4) is 0 Å². The summed E-state index contributed by atoms with van der Waals surface area (Å²) in [5.41, 5.74) is 0. The topological polar surface area (TPSA) is 37.4 Å². The van der Waals surface area contributed by atoms with Crippen LogP contribution in [0.25, 0.3) is 0 Å². The molecule has 0 saturated carbocycles. The van der Waals surface area contributed by atoms with E-state index >= 15 is 0 Å². The lowest BCUT2D eigenvalue weighted by molar-refractivity contribution is -0.135. The van der Waals surface area contributed by atoms with Crippen LogP contribution in [0.15, 0.2) is 33.6 Å². The van der Waals surface area contributed by atoms with Gasteiger partial charge in [0.1, 0.15) is 6.54 Å². The van der Waals surface area contributed by atoms with Gasteiger partial charge in [0.05, 0.1) is 4.90 Å². The number of nitrogens with zero attached hydrogens (tertiary/aromatic N) is 1. The summed E-state index contributed by atoms with van der Waals surface area (Å²) in [7, 11) is -4.11. The Bertz CT molecular complexity index is 499. The van der Waals surface area contributed by atoms with Gasteiger partial charge in [-0.15, -0.1) is 0 Å². The maximum absolute atomic E-state index is 12.3. The number of alkyl halides is 3. The van der Waals surface area contributed by atoms with Crippen molar-refractivity contribution in [2.45, 2.75) is 18.0 Å². The molecule has 102 valence electrons. The third kappa shape index (κ3) is 3.96. The van der Waals surface area contributed by atoms with Crippen LogP contribution in [0, 0.1) is 0 Å². The van der Waals surface area contributed by atoms with E-state index in [1.165, 1.54) is 31.2 Å². The van der Waals surface area contributed by atoms with Crippen molar-refractivity contribution >= 4 is 26.0 Å². The molecule has 0 aliphatic heterocycles. The average Bonchev–Trinajstić information content (AvgIpc) is 2.25. The quantitative estimate of drug-likeness (QED) is 0.841. The summed E-state index contributed by atoms with van der Waals surface area (Å²) in [6, 6.07) is 5.46. The molecule has 0 unspecified atom stereocenters. The lowest BCUT2D eigenvalue weighted by Crippen LogP contribution is -2.38. The summed E-state index contributed by atoms with van der Waals surface area (Å²) in [4.78, 5) is -0.156. The second-order valence-corrected chi connectivity index (χ2v) is 6.35. The minimum absolute atomic E-state index is 0.156. The van der Waals surface area contributed by atoms with E-state index < -0.39 is 22.7 Å². The highest BCUT2D eigenvalue weighted by molar-refractivity contribution is 9.10. The molecule has 0 aromatic heterocycles. The summed E-state index contributed by atoms with van der Waals surface area (Å²) in [6.07, 6.45) is -4.56. The predicted octanol–water partition coefficient (Wildman–Crippen LogP) is 3.02. The highest BCUT2D eigenvalue weighted by Crippen LogP contribution is 2.23. The van der Waals surface area contributed by atoms with Gasteiger partial charge >= 0.3 is 6.18 Å². The molecular weight excluding hydrogens is 335 g/mol. The van der Waals surface area contributed by atoms with Crippen molar-refractivity contribution in [1.29, 1.82) is 0 Å². The van der Waals surface area contributed by atoms with E-state index in [1.807, 2.05) is 0 Å². The van der Waals surface area contributed by atoms with E-state index in [9.17, 15) is 21.6 Å². The zero-order chi connectivity index (χ0) is 14.0. The highest BCUT2D eigenvalue weighted by atomic mass is 79.9. The van der Waals surface area contributed by atoms with Gasteiger partial charge in [-0.1, -0.05) is 22.9 Å². The van der Waals surface area contributed by atoms with E-state index in [-0.39, 0.29) is 11.4 Å². The standard InChI is InChI=1S/C10H11BrF3NO2S/c1-2-15(7-10(12,13)14)18(16,17)9-5-3-8(11)4-6-9/h3-6H,2,7H2,1H3. The highest BCUT2D eigenvalue weighted by Gasteiger charge is 2.36. The van der Waals surface area contributed by atoms with Crippen molar-refractivity contribution in [2.75, 3.05) is 13.1 Å². The Hall–Kier alpha value is -0.600. The maximum atomic E-state index is 12.3. The van der Waals surface area contributed by atoms with E-state index in [1.54, 1.807) is 0 Å². The minimum Gasteiger partial charge on any atom is -0.207 e. The van der Waals surface area contributed by atoms with Crippen LogP contribution in [0.5, 0.6) is 0 Å². The molecule has 0 fully saturated rings. The summed E-state index contributed by atoms with van der Waals surface area (Å²) >= 11 is 3.13. The van der Waals surface area contributed by atoms with Crippen LogP contribution in [0.2, 0.25) is 0 Å². The van der Waals surface area contributed by atoms with Crippen molar-refractivity contribution in [1.82, 2.24) is 4.31 Å². The molecule has 0 amide bonds. The molecule has 0 saturated heterocycles. The van der Waals surface area contributed by atoms with Gasteiger partial charge in [0.25, 0.3) is 0 Å². The molecular formula is C10H11BrF3NO2S. The summed E-state index contributed by atoms with van der Waals surface area (Å²) in [5, 5.41) is 0. The molecule has 0 heterocycles. The first kappa shape index (κ1) is 15.5. The van der Waals surface area contributed by atoms with Crippen LogP contribution in [-0.4, -0.2) is 32.0 Å². The summed E-state index contributed by atoms with van der Waals surface area (Å²) in [6.45, 7) is -0.359. The Labute approximate surface area is 112 Å². The van der Waals surface area contributed by atoms with E-state index in [0.29, 0.717) is 8.78 Å². The smallest absolute Gasteiger partial charge is 0.207 e. The van der Waals surface area contributed by atoms with Gasteiger partial charge < -0.3 is 0 Å². The molecule has 1 aromatic rings. The van der Waals surface area contributed by atoms with Crippen molar-refractivity contribution in [2.24, 2.45) is 0 Å². The molecule has 3 nitrogen and oxygen atoms in total. The molecule has 0 radical (unpaired) electrons. The predicted molar refractivity (Wildman–Crippen MR) is 64.6 cm³/mol. The van der Waals surface area contributed by atoms with Crippen LogP contribution >= 0.6 is 15.9 Å². The minimum atomic E-state index is -4.56. The van der Waals surface area contributed by atoms with E-state index in [2.05, 4.69) is 15.9 Å². The fourth-order valence-corrected chi connectivity index (χ4v) is 3.02. The summed E-state index contributed by atoms with van der Waals surface area (Å²) < 4.78 is 61.8. The summed E-state index contributed by atoms with van der Waals surface area (Å²) in [5.74, 6) is 0. The van der Waals surface area contributed by atoms with Crippen LogP contribution in [0.1, 0.15) is 6.92 Å². The van der Waals surface area contributed by atoms with Crippen molar-refractivity contribution in [3.63, 3.8) is 0 Å². The molecule has 1 aromatic carbocycles. The molecule has 0 bridgehead atoms. The molecule has 1 rings (SSSR count).